The third kappa shape index (κ3) is 5.73. The topological polar surface area (TPSA) is 97.4 Å². The molecule has 0 spiro atoms. The molecule has 3 aromatic rings. The van der Waals surface area contributed by atoms with Gasteiger partial charge in [-0.2, -0.15) is 0 Å². The first kappa shape index (κ1) is 20.2. The Morgan fingerprint density at radius 1 is 1.03 bits per heavy atom. The summed E-state index contributed by atoms with van der Waals surface area (Å²) in [6, 6.07) is 18.0. The molecule has 0 aliphatic carbocycles. The van der Waals surface area contributed by atoms with Gasteiger partial charge >= 0.3 is 12.0 Å². The third-order valence-corrected chi connectivity index (χ3v) is 4.81. The molecule has 3 rings (SSSR count). The van der Waals surface area contributed by atoms with Crippen molar-refractivity contribution in [2.45, 2.75) is 19.6 Å². The fourth-order valence-corrected chi connectivity index (χ4v) is 3.19. The third-order valence-electron chi connectivity index (χ3n) is 3.92. The van der Waals surface area contributed by atoms with E-state index in [1.54, 1.807) is 5.38 Å². The van der Waals surface area contributed by atoms with E-state index < -0.39 is 24.0 Å². The second-order valence-corrected chi connectivity index (χ2v) is 6.97. The minimum atomic E-state index is -1.15. The minimum absolute atomic E-state index is 0.113. The summed E-state index contributed by atoms with van der Waals surface area (Å²) in [5, 5.41) is 6.97. The highest BCUT2D eigenvalue weighted by molar-refractivity contribution is 7.13. The van der Waals surface area contributed by atoms with Gasteiger partial charge in [-0.25, -0.2) is 14.6 Å². The van der Waals surface area contributed by atoms with Crippen LogP contribution < -0.4 is 10.6 Å². The number of urea groups is 1. The molecule has 0 fully saturated rings. The molecule has 2 aromatic carbocycles. The number of hydrogen-bond donors (Lipinski definition) is 2. The molecule has 0 saturated carbocycles. The Kier molecular flexibility index (Phi) is 6.70. The SMILES string of the molecule is C[C@H](OC(=O)c1csc(-c2ccccc2)n1)C(=O)NC(=O)NCc1ccccc1. The van der Waals surface area contributed by atoms with Crippen molar-refractivity contribution >= 4 is 29.2 Å². The number of carbonyl (C=O) groups excluding carboxylic acids is 3. The first-order valence-electron chi connectivity index (χ1n) is 8.87. The number of nitrogens with zero attached hydrogens (tertiary/aromatic N) is 1. The number of imide groups is 1. The molecule has 0 saturated heterocycles. The van der Waals surface area contributed by atoms with Crippen molar-refractivity contribution in [2.24, 2.45) is 0 Å². The van der Waals surface area contributed by atoms with Crippen molar-refractivity contribution in [1.29, 1.82) is 0 Å². The van der Waals surface area contributed by atoms with Crippen LogP contribution >= 0.6 is 11.3 Å². The van der Waals surface area contributed by atoms with E-state index in [1.165, 1.54) is 18.3 Å². The molecule has 2 N–H and O–H groups in total. The first-order valence-corrected chi connectivity index (χ1v) is 9.75. The molecular weight excluding hydrogens is 390 g/mol. The molecule has 1 aromatic heterocycles. The molecule has 1 atom stereocenters. The monoisotopic (exact) mass is 409 g/mol. The van der Waals surface area contributed by atoms with Gasteiger partial charge in [0.05, 0.1) is 0 Å². The lowest BCUT2D eigenvalue weighted by Crippen LogP contribution is -2.44. The molecule has 3 amide bonds. The van der Waals surface area contributed by atoms with Crippen molar-refractivity contribution < 1.29 is 19.1 Å². The van der Waals surface area contributed by atoms with Crippen molar-refractivity contribution in [3.63, 3.8) is 0 Å². The molecule has 148 valence electrons. The van der Waals surface area contributed by atoms with Crippen LogP contribution in [0.25, 0.3) is 10.6 Å². The average Bonchev–Trinajstić information content (AvgIpc) is 3.24. The van der Waals surface area contributed by atoms with Gasteiger partial charge in [0.25, 0.3) is 5.91 Å². The van der Waals surface area contributed by atoms with Crippen LogP contribution in [0, 0.1) is 0 Å². The van der Waals surface area contributed by atoms with Gasteiger partial charge in [-0.15, -0.1) is 11.3 Å². The quantitative estimate of drug-likeness (QED) is 0.608. The van der Waals surface area contributed by atoms with Crippen LogP contribution in [0.4, 0.5) is 4.79 Å². The van der Waals surface area contributed by atoms with Gasteiger partial charge in [0.1, 0.15) is 5.01 Å². The van der Waals surface area contributed by atoms with Crippen LogP contribution in [0.15, 0.2) is 66.0 Å². The van der Waals surface area contributed by atoms with E-state index in [0.717, 1.165) is 11.1 Å². The fraction of sp³-hybridized carbons (Fsp3) is 0.143. The largest absolute Gasteiger partial charge is 0.448 e. The van der Waals surface area contributed by atoms with Crippen molar-refractivity contribution in [1.82, 2.24) is 15.6 Å². The molecule has 0 unspecified atom stereocenters. The second kappa shape index (κ2) is 9.61. The van der Waals surface area contributed by atoms with Crippen LogP contribution in [0.2, 0.25) is 0 Å². The Morgan fingerprint density at radius 2 is 1.69 bits per heavy atom. The lowest BCUT2D eigenvalue weighted by atomic mass is 10.2. The Balaban J connectivity index is 1.49. The van der Waals surface area contributed by atoms with Crippen LogP contribution in [0.3, 0.4) is 0 Å². The van der Waals surface area contributed by atoms with Gasteiger partial charge in [0.15, 0.2) is 11.8 Å². The first-order chi connectivity index (χ1) is 14.0. The lowest BCUT2D eigenvalue weighted by molar-refractivity contribution is -0.127. The normalized spacial score (nSPS) is 11.3. The van der Waals surface area contributed by atoms with Crippen LogP contribution in [0.1, 0.15) is 23.0 Å². The Morgan fingerprint density at radius 3 is 2.38 bits per heavy atom. The number of rotatable bonds is 6. The zero-order valence-corrected chi connectivity index (χ0v) is 16.4. The number of amides is 3. The van der Waals surface area contributed by atoms with Crippen molar-refractivity contribution in [3.05, 3.63) is 77.3 Å². The molecule has 0 radical (unpaired) electrons. The van der Waals surface area contributed by atoms with Crippen LogP contribution in [0.5, 0.6) is 0 Å². The number of thiazole rings is 1. The minimum Gasteiger partial charge on any atom is -0.448 e. The maximum Gasteiger partial charge on any atom is 0.358 e. The highest BCUT2D eigenvalue weighted by atomic mass is 32.1. The molecule has 29 heavy (non-hydrogen) atoms. The molecule has 8 heteroatoms. The zero-order valence-electron chi connectivity index (χ0n) is 15.6. The predicted octanol–water partition coefficient (Wildman–Crippen LogP) is 3.38. The fourth-order valence-electron chi connectivity index (χ4n) is 2.39. The van der Waals surface area contributed by atoms with E-state index in [0.29, 0.717) is 5.01 Å². The second-order valence-electron chi connectivity index (χ2n) is 6.11. The van der Waals surface area contributed by atoms with Gasteiger partial charge in [-0.1, -0.05) is 60.7 Å². The summed E-state index contributed by atoms with van der Waals surface area (Å²) < 4.78 is 5.12. The van der Waals surface area contributed by atoms with Gasteiger partial charge in [-0.05, 0) is 12.5 Å². The van der Waals surface area contributed by atoms with Gasteiger partial charge in [-0.3, -0.25) is 10.1 Å². The van der Waals surface area contributed by atoms with Gasteiger partial charge < -0.3 is 10.1 Å². The number of aromatic nitrogens is 1. The zero-order chi connectivity index (χ0) is 20.6. The number of carbonyl (C=O) groups is 3. The highest BCUT2D eigenvalue weighted by Crippen LogP contribution is 2.23. The van der Waals surface area contributed by atoms with E-state index in [4.69, 9.17) is 4.74 Å². The average molecular weight is 409 g/mol. The van der Waals surface area contributed by atoms with E-state index in [-0.39, 0.29) is 12.2 Å². The maximum absolute atomic E-state index is 12.2. The predicted molar refractivity (Wildman–Crippen MR) is 109 cm³/mol. The van der Waals surface area contributed by atoms with Gasteiger partial charge in [0.2, 0.25) is 0 Å². The summed E-state index contributed by atoms with van der Waals surface area (Å²) in [6.45, 7) is 1.66. The van der Waals surface area contributed by atoms with E-state index in [2.05, 4.69) is 15.6 Å². The standard InChI is InChI=1S/C21H19N3O4S/c1-14(18(25)24-21(27)22-12-15-8-4-2-5-9-15)28-20(26)17-13-29-19(23-17)16-10-6-3-7-11-16/h2-11,13-14H,12H2,1H3,(H2,22,24,25,27)/t14-/m0/s1. The summed E-state index contributed by atoms with van der Waals surface area (Å²) in [5.74, 6) is -1.45. The number of esters is 1. The summed E-state index contributed by atoms with van der Waals surface area (Å²) in [4.78, 5) is 40.4. The Labute approximate surface area is 171 Å². The van der Waals surface area contributed by atoms with Gasteiger partial charge in [0, 0.05) is 17.5 Å². The number of ether oxygens (including phenoxy) is 1. The molecule has 0 aliphatic rings. The number of benzene rings is 2. The Hall–Kier alpha value is -3.52. The smallest absolute Gasteiger partial charge is 0.358 e. The lowest BCUT2D eigenvalue weighted by Gasteiger charge is -2.12. The van der Waals surface area contributed by atoms with E-state index in [1.807, 2.05) is 60.7 Å². The van der Waals surface area contributed by atoms with Crippen LogP contribution in [-0.2, 0) is 16.1 Å². The highest BCUT2D eigenvalue weighted by Gasteiger charge is 2.22. The summed E-state index contributed by atoms with van der Waals surface area (Å²) in [7, 11) is 0. The molecule has 1 heterocycles. The Bertz CT molecular complexity index is 989. The summed E-state index contributed by atoms with van der Waals surface area (Å²) in [6.07, 6.45) is -1.15. The molecule has 7 nitrogen and oxygen atoms in total. The number of nitrogens with one attached hydrogen (secondary N) is 2. The van der Waals surface area contributed by atoms with E-state index in [9.17, 15) is 14.4 Å². The molecule has 0 aliphatic heterocycles. The van der Waals surface area contributed by atoms with E-state index >= 15 is 0 Å². The van der Waals surface area contributed by atoms with Crippen LogP contribution in [-0.4, -0.2) is 29.0 Å². The summed E-state index contributed by atoms with van der Waals surface area (Å²) in [5.41, 5.74) is 1.90. The molecule has 0 bridgehead atoms. The van der Waals surface area contributed by atoms with Crippen molar-refractivity contribution in [3.8, 4) is 10.6 Å². The molecular formula is C21H19N3O4S. The summed E-state index contributed by atoms with van der Waals surface area (Å²) >= 11 is 1.30. The maximum atomic E-state index is 12.2. The number of hydrogen-bond acceptors (Lipinski definition) is 6. The van der Waals surface area contributed by atoms with Crippen molar-refractivity contribution in [2.75, 3.05) is 0 Å².